The van der Waals surface area contributed by atoms with Crippen LogP contribution in [-0.4, -0.2) is 9.97 Å². The van der Waals surface area contributed by atoms with Crippen molar-refractivity contribution in [3.05, 3.63) is 65.2 Å². The Hall–Kier alpha value is -2.20. The normalized spacial score (nSPS) is 10.7. The standard InChI is InChI=1S/C15H11ClFN3/c16-11-6-4-10(5-7-11)8-18-15-12-2-1-3-13(17)14(12)19-9-20-15/h1-7,9H,8H2,(H,18,19,20). The highest BCUT2D eigenvalue weighted by Gasteiger charge is 2.06. The first-order valence-corrected chi connectivity index (χ1v) is 6.49. The van der Waals surface area contributed by atoms with Crippen molar-refractivity contribution in [3.63, 3.8) is 0 Å². The van der Waals surface area contributed by atoms with Crippen LogP contribution in [0.15, 0.2) is 48.8 Å². The first kappa shape index (κ1) is 12.8. The molecule has 20 heavy (non-hydrogen) atoms. The maximum atomic E-state index is 13.6. The molecule has 0 fully saturated rings. The van der Waals surface area contributed by atoms with Crippen molar-refractivity contribution in [3.8, 4) is 0 Å². The number of halogens is 2. The third-order valence-corrected chi connectivity index (χ3v) is 3.24. The second kappa shape index (κ2) is 5.43. The Morgan fingerprint density at radius 2 is 1.85 bits per heavy atom. The predicted octanol–water partition coefficient (Wildman–Crippen LogP) is 4.03. The summed E-state index contributed by atoms with van der Waals surface area (Å²) in [5.41, 5.74) is 1.39. The summed E-state index contributed by atoms with van der Waals surface area (Å²) in [6, 6.07) is 12.3. The maximum absolute atomic E-state index is 13.6. The van der Waals surface area contributed by atoms with Gasteiger partial charge in [-0.3, -0.25) is 0 Å². The number of hydrogen-bond acceptors (Lipinski definition) is 3. The van der Waals surface area contributed by atoms with Crippen LogP contribution in [0.2, 0.25) is 5.02 Å². The van der Waals surface area contributed by atoms with Crippen LogP contribution in [0.3, 0.4) is 0 Å². The third-order valence-electron chi connectivity index (χ3n) is 2.99. The van der Waals surface area contributed by atoms with Crippen LogP contribution >= 0.6 is 11.6 Å². The number of para-hydroxylation sites is 1. The molecule has 0 radical (unpaired) electrons. The Kier molecular flexibility index (Phi) is 3.48. The molecule has 0 saturated carbocycles. The number of nitrogens with one attached hydrogen (secondary N) is 1. The topological polar surface area (TPSA) is 37.8 Å². The molecule has 1 N–H and O–H groups in total. The highest BCUT2D eigenvalue weighted by atomic mass is 35.5. The zero-order chi connectivity index (χ0) is 13.9. The Morgan fingerprint density at radius 1 is 1.05 bits per heavy atom. The van der Waals surface area contributed by atoms with E-state index in [2.05, 4.69) is 15.3 Å². The van der Waals surface area contributed by atoms with E-state index < -0.39 is 0 Å². The molecule has 3 nitrogen and oxygen atoms in total. The second-order valence-electron chi connectivity index (χ2n) is 4.34. The van der Waals surface area contributed by atoms with E-state index in [0.717, 1.165) is 5.56 Å². The summed E-state index contributed by atoms with van der Waals surface area (Å²) in [4.78, 5) is 8.13. The van der Waals surface area contributed by atoms with Gasteiger partial charge in [0.15, 0.2) is 0 Å². The molecule has 0 bridgehead atoms. The molecule has 3 rings (SSSR count). The lowest BCUT2D eigenvalue weighted by Gasteiger charge is -2.08. The fourth-order valence-electron chi connectivity index (χ4n) is 1.98. The average Bonchev–Trinajstić information content (AvgIpc) is 2.47. The summed E-state index contributed by atoms with van der Waals surface area (Å²) in [5.74, 6) is 0.267. The lowest BCUT2D eigenvalue weighted by Crippen LogP contribution is -2.02. The highest BCUT2D eigenvalue weighted by Crippen LogP contribution is 2.21. The molecule has 0 atom stereocenters. The van der Waals surface area contributed by atoms with Gasteiger partial charge in [-0.25, -0.2) is 14.4 Å². The van der Waals surface area contributed by atoms with E-state index in [9.17, 15) is 4.39 Å². The number of aromatic nitrogens is 2. The van der Waals surface area contributed by atoms with Crippen molar-refractivity contribution in [2.24, 2.45) is 0 Å². The van der Waals surface area contributed by atoms with Gasteiger partial charge in [-0.2, -0.15) is 0 Å². The smallest absolute Gasteiger partial charge is 0.149 e. The molecule has 1 aromatic heterocycles. The molecule has 0 saturated heterocycles. The summed E-state index contributed by atoms with van der Waals surface area (Å²) >= 11 is 5.84. The van der Waals surface area contributed by atoms with Crippen LogP contribution in [0.4, 0.5) is 10.2 Å². The molecule has 1 heterocycles. The molecule has 5 heteroatoms. The predicted molar refractivity (Wildman–Crippen MR) is 78.3 cm³/mol. The van der Waals surface area contributed by atoms with Gasteiger partial charge in [-0.15, -0.1) is 0 Å². The fraction of sp³-hybridized carbons (Fsp3) is 0.0667. The first-order valence-electron chi connectivity index (χ1n) is 6.11. The van der Waals surface area contributed by atoms with Gasteiger partial charge in [-0.05, 0) is 29.8 Å². The van der Waals surface area contributed by atoms with Gasteiger partial charge in [0.25, 0.3) is 0 Å². The van der Waals surface area contributed by atoms with Crippen LogP contribution < -0.4 is 5.32 Å². The molecule has 0 aliphatic rings. The Labute approximate surface area is 120 Å². The molecule has 0 aliphatic heterocycles. The summed E-state index contributed by atoms with van der Waals surface area (Å²) in [6.07, 6.45) is 1.36. The van der Waals surface area contributed by atoms with Crippen LogP contribution in [-0.2, 0) is 6.54 Å². The zero-order valence-corrected chi connectivity index (χ0v) is 11.2. The zero-order valence-electron chi connectivity index (χ0n) is 10.5. The van der Waals surface area contributed by atoms with Crippen LogP contribution in [0, 0.1) is 5.82 Å². The second-order valence-corrected chi connectivity index (χ2v) is 4.77. The van der Waals surface area contributed by atoms with Crippen molar-refractivity contribution in [1.82, 2.24) is 9.97 Å². The van der Waals surface area contributed by atoms with E-state index in [1.807, 2.05) is 24.3 Å². The molecular formula is C15H11ClFN3. The van der Waals surface area contributed by atoms with Gasteiger partial charge in [0.2, 0.25) is 0 Å². The lowest BCUT2D eigenvalue weighted by molar-refractivity contribution is 0.636. The highest BCUT2D eigenvalue weighted by molar-refractivity contribution is 6.30. The Balaban J connectivity index is 1.88. The number of anilines is 1. The van der Waals surface area contributed by atoms with Gasteiger partial charge < -0.3 is 5.32 Å². The van der Waals surface area contributed by atoms with Crippen LogP contribution in [0.1, 0.15) is 5.56 Å². The van der Waals surface area contributed by atoms with E-state index >= 15 is 0 Å². The SMILES string of the molecule is Fc1cccc2c(NCc3ccc(Cl)cc3)ncnc12. The molecular weight excluding hydrogens is 277 g/mol. The molecule has 100 valence electrons. The number of fused-ring (bicyclic) bond motifs is 1. The molecule has 0 unspecified atom stereocenters. The molecule has 0 aliphatic carbocycles. The minimum atomic E-state index is -0.348. The average molecular weight is 288 g/mol. The quantitative estimate of drug-likeness (QED) is 0.790. The molecule has 2 aromatic carbocycles. The van der Waals surface area contributed by atoms with Crippen LogP contribution in [0.5, 0.6) is 0 Å². The van der Waals surface area contributed by atoms with Gasteiger partial charge in [0.1, 0.15) is 23.5 Å². The molecule has 0 amide bonds. The van der Waals surface area contributed by atoms with Crippen LogP contribution in [0.25, 0.3) is 10.9 Å². The monoisotopic (exact) mass is 287 g/mol. The lowest BCUT2D eigenvalue weighted by atomic mass is 10.2. The summed E-state index contributed by atoms with van der Waals surface area (Å²) < 4.78 is 13.6. The summed E-state index contributed by atoms with van der Waals surface area (Å²) in [6.45, 7) is 0.583. The number of hydrogen-bond donors (Lipinski definition) is 1. The van der Waals surface area contributed by atoms with Crippen molar-refractivity contribution >= 4 is 28.3 Å². The minimum Gasteiger partial charge on any atom is -0.365 e. The van der Waals surface area contributed by atoms with E-state index in [1.165, 1.54) is 12.4 Å². The van der Waals surface area contributed by atoms with Gasteiger partial charge in [0.05, 0.1) is 0 Å². The minimum absolute atomic E-state index is 0.320. The van der Waals surface area contributed by atoms with Gasteiger partial charge in [0, 0.05) is 17.0 Å². The summed E-state index contributed by atoms with van der Waals surface area (Å²) in [7, 11) is 0. The largest absolute Gasteiger partial charge is 0.365 e. The van der Waals surface area contributed by atoms with E-state index in [4.69, 9.17) is 11.6 Å². The Morgan fingerprint density at radius 3 is 2.65 bits per heavy atom. The van der Waals surface area contributed by atoms with Crippen molar-refractivity contribution in [1.29, 1.82) is 0 Å². The van der Waals surface area contributed by atoms with E-state index in [1.54, 1.807) is 12.1 Å². The summed E-state index contributed by atoms with van der Waals surface area (Å²) in [5, 5.41) is 4.56. The fourth-order valence-corrected chi connectivity index (χ4v) is 2.11. The van der Waals surface area contributed by atoms with E-state index in [-0.39, 0.29) is 5.82 Å². The molecule has 3 aromatic rings. The number of rotatable bonds is 3. The number of benzene rings is 2. The Bertz CT molecular complexity index is 744. The number of nitrogens with zero attached hydrogens (tertiary/aromatic N) is 2. The van der Waals surface area contributed by atoms with Crippen molar-refractivity contribution in [2.45, 2.75) is 6.54 Å². The van der Waals surface area contributed by atoms with Crippen molar-refractivity contribution in [2.75, 3.05) is 5.32 Å². The maximum Gasteiger partial charge on any atom is 0.149 e. The first-order chi connectivity index (χ1) is 9.74. The van der Waals surface area contributed by atoms with Gasteiger partial charge >= 0.3 is 0 Å². The van der Waals surface area contributed by atoms with E-state index in [0.29, 0.717) is 28.3 Å². The van der Waals surface area contributed by atoms with Gasteiger partial charge in [-0.1, -0.05) is 29.8 Å². The third kappa shape index (κ3) is 2.56. The molecule has 0 spiro atoms. The van der Waals surface area contributed by atoms with Crippen molar-refractivity contribution < 1.29 is 4.39 Å².